The Morgan fingerprint density at radius 3 is 2.08 bits per heavy atom. The second-order valence-electron chi connectivity index (χ2n) is 7.58. The van der Waals surface area contributed by atoms with E-state index in [0.29, 0.717) is 44.0 Å². The Labute approximate surface area is 144 Å². The summed E-state index contributed by atoms with van der Waals surface area (Å²) in [5.74, 6) is 1.54. The lowest BCUT2D eigenvalue weighted by molar-refractivity contribution is -0.124. The van der Waals surface area contributed by atoms with Gasteiger partial charge in [0, 0.05) is 37.3 Å². The molecule has 1 aromatic heterocycles. The molecule has 1 N–H and O–H groups in total. The number of carbonyl (C=O) groups excluding carboxylic acids is 2. The molecule has 0 saturated carbocycles. The molecule has 0 aliphatic carbocycles. The molecule has 0 radical (unpaired) electrons. The normalized spacial score (nSPS) is 16.3. The van der Waals surface area contributed by atoms with Gasteiger partial charge in [-0.05, 0) is 41.5 Å². The molecule has 2 rings (SSSR count). The fraction of sp³-hybridized carbons (Fsp3) is 0.667. The SMILES string of the molecule is Cc1oc(C)c(C(=O)N2CCN(CC(=O)NC(C)(C)C)CC2)c1C. The van der Waals surface area contributed by atoms with Crippen LogP contribution in [0.1, 0.15) is 48.2 Å². The van der Waals surface area contributed by atoms with Gasteiger partial charge in [0.1, 0.15) is 11.5 Å². The third kappa shape index (κ3) is 4.38. The van der Waals surface area contributed by atoms with Crippen LogP contribution in [0.4, 0.5) is 0 Å². The van der Waals surface area contributed by atoms with Crippen molar-refractivity contribution in [1.82, 2.24) is 15.1 Å². The fourth-order valence-corrected chi connectivity index (χ4v) is 3.04. The zero-order chi connectivity index (χ0) is 18.1. The van der Waals surface area contributed by atoms with Crippen molar-refractivity contribution >= 4 is 11.8 Å². The van der Waals surface area contributed by atoms with E-state index in [1.165, 1.54) is 0 Å². The predicted molar refractivity (Wildman–Crippen MR) is 93.2 cm³/mol. The highest BCUT2D eigenvalue weighted by molar-refractivity contribution is 5.97. The van der Waals surface area contributed by atoms with Crippen LogP contribution in [0.15, 0.2) is 4.42 Å². The van der Waals surface area contributed by atoms with Crippen LogP contribution in [0.3, 0.4) is 0 Å². The quantitative estimate of drug-likeness (QED) is 0.916. The Bertz CT molecular complexity index is 620. The van der Waals surface area contributed by atoms with Crippen molar-refractivity contribution in [2.45, 2.75) is 47.1 Å². The molecule has 0 aromatic carbocycles. The highest BCUT2D eigenvalue weighted by atomic mass is 16.3. The van der Waals surface area contributed by atoms with Crippen LogP contribution in [-0.4, -0.2) is 59.9 Å². The largest absolute Gasteiger partial charge is 0.466 e. The lowest BCUT2D eigenvalue weighted by Gasteiger charge is -2.35. The summed E-state index contributed by atoms with van der Waals surface area (Å²) in [6, 6.07) is 0. The van der Waals surface area contributed by atoms with Crippen LogP contribution in [0.5, 0.6) is 0 Å². The first-order valence-corrected chi connectivity index (χ1v) is 8.47. The number of amides is 2. The Hall–Kier alpha value is -1.82. The van der Waals surface area contributed by atoms with Crippen molar-refractivity contribution in [2.75, 3.05) is 32.7 Å². The van der Waals surface area contributed by atoms with Crippen molar-refractivity contribution in [1.29, 1.82) is 0 Å². The molecule has 1 aromatic rings. The number of hydrogen-bond donors (Lipinski definition) is 1. The van der Waals surface area contributed by atoms with Gasteiger partial charge in [0.25, 0.3) is 5.91 Å². The van der Waals surface area contributed by atoms with Gasteiger partial charge in [0.2, 0.25) is 5.91 Å². The number of piperazine rings is 1. The average molecular weight is 335 g/mol. The highest BCUT2D eigenvalue weighted by Gasteiger charge is 2.27. The number of hydrogen-bond acceptors (Lipinski definition) is 4. The van der Waals surface area contributed by atoms with Crippen molar-refractivity contribution in [3.63, 3.8) is 0 Å². The molecule has 1 saturated heterocycles. The van der Waals surface area contributed by atoms with E-state index >= 15 is 0 Å². The van der Waals surface area contributed by atoms with E-state index in [0.717, 1.165) is 11.3 Å². The van der Waals surface area contributed by atoms with Crippen LogP contribution < -0.4 is 5.32 Å². The van der Waals surface area contributed by atoms with Gasteiger partial charge in [-0.1, -0.05) is 0 Å². The van der Waals surface area contributed by atoms with Crippen molar-refractivity contribution in [3.05, 3.63) is 22.6 Å². The van der Waals surface area contributed by atoms with Crippen LogP contribution >= 0.6 is 0 Å². The van der Waals surface area contributed by atoms with Gasteiger partial charge in [0.05, 0.1) is 12.1 Å². The third-order valence-electron chi connectivity index (χ3n) is 4.32. The Morgan fingerprint density at radius 1 is 1.04 bits per heavy atom. The van der Waals surface area contributed by atoms with Crippen molar-refractivity contribution in [3.8, 4) is 0 Å². The summed E-state index contributed by atoms with van der Waals surface area (Å²) in [5.41, 5.74) is 1.39. The summed E-state index contributed by atoms with van der Waals surface area (Å²) in [6.07, 6.45) is 0. The lowest BCUT2D eigenvalue weighted by atomic mass is 10.1. The maximum absolute atomic E-state index is 12.7. The van der Waals surface area contributed by atoms with E-state index in [1.54, 1.807) is 0 Å². The van der Waals surface area contributed by atoms with Gasteiger partial charge < -0.3 is 14.6 Å². The maximum atomic E-state index is 12.7. The Balaban J connectivity index is 1.91. The molecule has 24 heavy (non-hydrogen) atoms. The number of aryl methyl sites for hydroxylation is 2. The molecule has 0 spiro atoms. The molecular weight excluding hydrogens is 306 g/mol. The van der Waals surface area contributed by atoms with Gasteiger partial charge in [0.15, 0.2) is 0 Å². The number of carbonyl (C=O) groups is 2. The van der Waals surface area contributed by atoms with Gasteiger partial charge in [-0.2, -0.15) is 0 Å². The van der Waals surface area contributed by atoms with Gasteiger partial charge >= 0.3 is 0 Å². The van der Waals surface area contributed by atoms with Gasteiger partial charge in [-0.25, -0.2) is 0 Å². The molecule has 1 aliphatic rings. The van der Waals surface area contributed by atoms with Gasteiger partial charge in [-0.3, -0.25) is 14.5 Å². The van der Waals surface area contributed by atoms with Crippen LogP contribution in [0, 0.1) is 20.8 Å². The van der Waals surface area contributed by atoms with Crippen LogP contribution in [0.25, 0.3) is 0 Å². The first-order valence-electron chi connectivity index (χ1n) is 8.47. The molecule has 2 heterocycles. The second kappa shape index (κ2) is 6.97. The molecule has 1 aliphatic heterocycles. The first kappa shape index (κ1) is 18.5. The number of rotatable bonds is 3. The summed E-state index contributed by atoms with van der Waals surface area (Å²) in [5, 5.41) is 2.97. The number of furan rings is 1. The standard InChI is InChI=1S/C18H29N3O3/c1-12-13(2)24-14(3)16(12)17(23)21-9-7-20(8-10-21)11-15(22)19-18(4,5)6/h7-11H2,1-6H3,(H,19,22). The number of nitrogens with zero attached hydrogens (tertiary/aromatic N) is 2. The first-order chi connectivity index (χ1) is 11.1. The van der Waals surface area contributed by atoms with E-state index in [1.807, 2.05) is 46.4 Å². The smallest absolute Gasteiger partial charge is 0.257 e. The third-order valence-corrected chi connectivity index (χ3v) is 4.32. The van der Waals surface area contributed by atoms with Gasteiger partial charge in [-0.15, -0.1) is 0 Å². The fourth-order valence-electron chi connectivity index (χ4n) is 3.04. The van der Waals surface area contributed by atoms with Crippen molar-refractivity contribution < 1.29 is 14.0 Å². The van der Waals surface area contributed by atoms with E-state index in [9.17, 15) is 9.59 Å². The van der Waals surface area contributed by atoms with E-state index < -0.39 is 0 Å². The van der Waals surface area contributed by atoms with Crippen LogP contribution in [0.2, 0.25) is 0 Å². The molecule has 0 unspecified atom stereocenters. The minimum absolute atomic E-state index is 0.0272. The summed E-state index contributed by atoms with van der Waals surface area (Å²) in [7, 11) is 0. The zero-order valence-corrected chi connectivity index (χ0v) is 15.7. The Kier molecular flexibility index (Phi) is 5.38. The summed E-state index contributed by atoms with van der Waals surface area (Å²) in [6.45, 7) is 14.6. The minimum Gasteiger partial charge on any atom is -0.466 e. The molecule has 6 heteroatoms. The number of nitrogens with one attached hydrogen (secondary N) is 1. The molecule has 134 valence electrons. The molecule has 0 atom stereocenters. The molecule has 6 nitrogen and oxygen atoms in total. The molecule has 1 fully saturated rings. The zero-order valence-electron chi connectivity index (χ0n) is 15.7. The molecule has 0 bridgehead atoms. The van der Waals surface area contributed by atoms with E-state index in [-0.39, 0.29) is 17.4 Å². The Morgan fingerprint density at radius 2 is 1.62 bits per heavy atom. The monoisotopic (exact) mass is 335 g/mol. The highest BCUT2D eigenvalue weighted by Crippen LogP contribution is 2.22. The van der Waals surface area contributed by atoms with Crippen LogP contribution in [-0.2, 0) is 4.79 Å². The lowest BCUT2D eigenvalue weighted by Crippen LogP contribution is -2.52. The maximum Gasteiger partial charge on any atom is 0.257 e. The summed E-state index contributed by atoms with van der Waals surface area (Å²) >= 11 is 0. The second-order valence-corrected chi connectivity index (χ2v) is 7.58. The molecular formula is C18H29N3O3. The van der Waals surface area contributed by atoms with Crippen molar-refractivity contribution in [2.24, 2.45) is 0 Å². The average Bonchev–Trinajstić information content (AvgIpc) is 2.70. The van der Waals surface area contributed by atoms with E-state index in [2.05, 4.69) is 10.2 Å². The molecule has 2 amide bonds. The predicted octanol–water partition coefficient (Wildman–Crippen LogP) is 1.88. The van der Waals surface area contributed by atoms with E-state index in [4.69, 9.17) is 4.42 Å². The summed E-state index contributed by atoms with van der Waals surface area (Å²) in [4.78, 5) is 28.7. The summed E-state index contributed by atoms with van der Waals surface area (Å²) < 4.78 is 5.57. The minimum atomic E-state index is -0.219. The topological polar surface area (TPSA) is 65.8 Å².